The summed E-state index contributed by atoms with van der Waals surface area (Å²) in [5.41, 5.74) is 5.55. The molecule has 1 heterocycles. The van der Waals surface area contributed by atoms with Crippen molar-refractivity contribution < 1.29 is 9.84 Å². The van der Waals surface area contributed by atoms with Crippen LogP contribution in [0.5, 0.6) is 0 Å². The largest absolute Gasteiger partial charge is 0.396 e. The fourth-order valence-electron chi connectivity index (χ4n) is 5.07. The van der Waals surface area contributed by atoms with Gasteiger partial charge < -0.3 is 9.84 Å². The Bertz CT molecular complexity index is 1290. The number of hydrogen-bond donors (Lipinski definition) is 1. The lowest BCUT2D eigenvalue weighted by Gasteiger charge is -2.36. The Morgan fingerprint density at radius 3 is 1.81 bits per heavy atom. The maximum Gasteiger partial charge on any atom is 0.140 e. The molecule has 5 nitrogen and oxygen atoms in total. The molecule has 0 spiro atoms. The van der Waals surface area contributed by atoms with E-state index in [1.807, 2.05) is 18.2 Å². The van der Waals surface area contributed by atoms with Crippen LogP contribution in [0.1, 0.15) is 47.9 Å². The number of fused-ring (bicyclic) bond motifs is 1. The lowest BCUT2D eigenvalue weighted by Crippen LogP contribution is -2.38. The number of ether oxygens (including phenoxy) is 1. The number of nitrogens with zero attached hydrogens (tertiary/aromatic N) is 3. The molecule has 0 saturated heterocycles. The summed E-state index contributed by atoms with van der Waals surface area (Å²) in [4.78, 5) is 0. The molecular weight excluding hydrogens is 458 g/mol. The van der Waals surface area contributed by atoms with Crippen LogP contribution in [0.2, 0.25) is 0 Å². The van der Waals surface area contributed by atoms with Crippen molar-refractivity contribution in [2.75, 3.05) is 13.2 Å². The van der Waals surface area contributed by atoms with Crippen LogP contribution in [0.15, 0.2) is 109 Å². The zero-order valence-corrected chi connectivity index (χ0v) is 21.0. The molecule has 0 atom stereocenters. The van der Waals surface area contributed by atoms with Gasteiger partial charge in [-0.2, -0.15) is 0 Å². The number of aliphatic hydroxyl groups is 1. The van der Waals surface area contributed by atoms with Crippen LogP contribution in [0.25, 0.3) is 11.0 Å². The first-order valence-corrected chi connectivity index (χ1v) is 13.0. The zero-order valence-electron chi connectivity index (χ0n) is 21.0. The van der Waals surface area contributed by atoms with Gasteiger partial charge in [0, 0.05) is 13.2 Å². The van der Waals surface area contributed by atoms with Crippen LogP contribution in [0.4, 0.5) is 0 Å². The molecule has 4 aromatic carbocycles. The van der Waals surface area contributed by atoms with Crippen LogP contribution in [-0.2, 0) is 16.9 Å². The maximum absolute atomic E-state index is 8.91. The van der Waals surface area contributed by atoms with Crippen molar-refractivity contribution >= 4 is 11.0 Å². The summed E-state index contributed by atoms with van der Waals surface area (Å²) in [7, 11) is 0. The van der Waals surface area contributed by atoms with Crippen molar-refractivity contribution in [2.45, 2.75) is 37.8 Å². The Morgan fingerprint density at radius 1 is 0.676 bits per heavy atom. The molecule has 0 radical (unpaired) electrons. The van der Waals surface area contributed by atoms with Crippen molar-refractivity contribution in [1.82, 2.24) is 15.0 Å². The summed E-state index contributed by atoms with van der Waals surface area (Å²) in [5.74, 6) is 0. The lowest BCUT2D eigenvalue weighted by molar-refractivity contribution is 0.116. The number of unbranched alkanes of at least 4 members (excludes halogenated alkanes) is 3. The van der Waals surface area contributed by atoms with E-state index in [9.17, 15) is 0 Å². The van der Waals surface area contributed by atoms with Gasteiger partial charge in [0.05, 0.1) is 12.1 Å². The molecule has 1 aromatic heterocycles. The van der Waals surface area contributed by atoms with Crippen LogP contribution in [0, 0.1) is 0 Å². The third kappa shape index (κ3) is 5.19. The Kier molecular flexibility index (Phi) is 8.04. The molecule has 0 saturated carbocycles. The molecule has 0 amide bonds. The highest BCUT2D eigenvalue weighted by Gasteiger charge is 2.40. The minimum absolute atomic E-state index is 0.266. The molecule has 0 fully saturated rings. The highest BCUT2D eigenvalue weighted by Crippen LogP contribution is 2.41. The number of aromatic nitrogens is 3. The summed E-state index contributed by atoms with van der Waals surface area (Å²) in [6.07, 6.45) is 3.99. The van der Waals surface area contributed by atoms with E-state index in [4.69, 9.17) is 15.1 Å². The highest BCUT2D eigenvalue weighted by molar-refractivity contribution is 5.76. The first kappa shape index (κ1) is 24.9. The van der Waals surface area contributed by atoms with E-state index in [2.05, 4.69) is 101 Å². The fourth-order valence-corrected chi connectivity index (χ4v) is 5.07. The van der Waals surface area contributed by atoms with Crippen LogP contribution < -0.4 is 0 Å². The van der Waals surface area contributed by atoms with E-state index in [1.165, 1.54) is 0 Å². The Morgan fingerprint density at radius 2 is 1.24 bits per heavy atom. The molecule has 0 aliphatic heterocycles. The Balaban J connectivity index is 1.54. The van der Waals surface area contributed by atoms with Crippen LogP contribution in [-0.4, -0.2) is 33.3 Å². The SMILES string of the molecule is OCCCCCCOCc1ccc2c(c1)nnn2C(c1ccccc1)(c1ccccc1)c1ccccc1. The third-order valence-corrected chi connectivity index (χ3v) is 6.87. The van der Waals surface area contributed by atoms with E-state index >= 15 is 0 Å². The summed E-state index contributed by atoms with van der Waals surface area (Å²) in [6, 6.07) is 37.9. The topological polar surface area (TPSA) is 60.2 Å². The first-order chi connectivity index (χ1) is 18.3. The van der Waals surface area contributed by atoms with Crippen molar-refractivity contribution in [3.05, 3.63) is 131 Å². The van der Waals surface area contributed by atoms with Gasteiger partial charge in [-0.25, -0.2) is 4.68 Å². The second-order valence-electron chi connectivity index (χ2n) is 9.32. The average Bonchev–Trinajstić information content (AvgIpc) is 3.38. The Labute approximate surface area is 218 Å². The average molecular weight is 492 g/mol. The van der Waals surface area contributed by atoms with E-state index in [0.29, 0.717) is 6.61 Å². The highest BCUT2D eigenvalue weighted by atomic mass is 16.5. The molecule has 5 heteroatoms. The van der Waals surface area contributed by atoms with Crippen molar-refractivity contribution in [3.8, 4) is 0 Å². The summed E-state index contributed by atoms with van der Waals surface area (Å²) < 4.78 is 7.98. The molecule has 0 bridgehead atoms. The van der Waals surface area contributed by atoms with Gasteiger partial charge in [0.2, 0.25) is 0 Å². The van der Waals surface area contributed by atoms with E-state index in [1.54, 1.807) is 0 Å². The number of rotatable bonds is 12. The summed E-state index contributed by atoms with van der Waals surface area (Å²) >= 11 is 0. The number of aliphatic hydroxyl groups excluding tert-OH is 1. The third-order valence-electron chi connectivity index (χ3n) is 6.87. The molecule has 37 heavy (non-hydrogen) atoms. The Hall–Kier alpha value is -3.80. The predicted molar refractivity (Wildman–Crippen MR) is 147 cm³/mol. The smallest absolute Gasteiger partial charge is 0.140 e. The van der Waals surface area contributed by atoms with E-state index < -0.39 is 5.54 Å². The van der Waals surface area contributed by atoms with Crippen LogP contribution in [0.3, 0.4) is 0 Å². The minimum Gasteiger partial charge on any atom is -0.396 e. The van der Waals surface area contributed by atoms with Gasteiger partial charge in [-0.15, -0.1) is 5.10 Å². The standard InChI is InChI=1S/C32H33N3O2/c36-22-12-1-2-13-23-37-25-26-20-21-31-30(24-26)33-34-35(31)32(27-14-6-3-7-15-27,28-16-8-4-9-17-28)29-18-10-5-11-19-29/h3-11,14-21,24,36H,1-2,12-13,22-23,25H2. The fraction of sp³-hybridized carbons (Fsp3) is 0.250. The van der Waals surface area contributed by atoms with Gasteiger partial charge in [-0.3, -0.25) is 0 Å². The number of hydrogen-bond acceptors (Lipinski definition) is 4. The number of benzene rings is 4. The van der Waals surface area contributed by atoms with E-state index in [-0.39, 0.29) is 6.61 Å². The monoisotopic (exact) mass is 491 g/mol. The second kappa shape index (κ2) is 12.0. The summed E-state index contributed by atoms with van der Waals surface area (Å²) in [6.45, 7) is 1.53. The minimum atomic E-state index is -0.689. The van der Waals surface area contributed by atoms with Crippen LogP contribution >= 0.6 is 0 Å². The normalized spacial score (nSPS) is 11.7. The predicted octanol–water partition coefficient (Wildman–Crippen LogP) is 6.34. The molecular formula is C32H33N3O2. The van der Waals surface area contributed by atoms with Gasteiger partial charge in [-0.05, 0) is 47.2 Å². The van der Waals surface area contributed by atoms with Gasteiger partial charge in [-0.1, -0.05) is 115 Å². The maximum atomic E-state index is 8.91. The molecule has 0 aliphatic carbocycles. The van der Waals surface area contributed by atoms with Gasteiger partial charge >= 0.3 is 0 Å². The van der Waals surface area contributed by atoms with Crippen molar-refractivity contribution in [3.63, 3.8) is 0 Å². The van der Waals surface area contributed by atoms with Gasteiger partial charge in [0.25, 0.3) is 0 Å². The summed E-state index contributed by atoms with van der Waals surface area (Å²) in [5, 5.41) is 18.3. The van der Waals surface area contributed by atoms with Gasteiger partial charge in [0.1, 0.15) is 11.1 Å². The zero-order chi connectivity index (χ0) is 25.3. The van der Waals surface area contributed by atoms with Crippen molar-refractivity contribution in [1.29, 1.82) is 0 Å². The molecule has 1 N–H and O–H groups in total. The van der Waals surface area contributed by atoms with Crippen molar-refractivity contribution in [2.24, 2.45) is 0 Å². The molecule has 5 aromatic rings. The first-order valence-electron chi connectivity index (χ1n) is 13.0. The lowest BCUT2D eigenvalue weighted by atomic mass is 9.77. The molecule has 0 aliphatic rings. The quantitative estimate of drug-likeness (QED) is 0.163. The second-order valence-corrected chi connectivity index (χ2v) is 9.32. The van der Waals surface area contributed by atoms with E-state index in [0.717, 1.165) is 65.6 Å². The molecule has 188 valence electrons. The van der Waals surface area contributed by atoms with Gasteiger partial charge in [0.15, 0.2) is 0 Å². The molecule has 0 unspecified atom stereocenters. The molecule has 5 rings (SSSR count).